The van der Waals surface area contributed by atoms with Gasteiger partial charge in [-0.1, -0.05) is 6.07 Å². The van der Waals surface area contributed by atoms with E-state index in [0.29, 0.717) is 19.6 Å². The van der Waals surface area contributed by atoms with E-state index < -0.39 is 0 Å². The van der Waals surface area contributed by atoms with Crippen molar-refractivity contribution in [2.45, 2.75) is 26.2 Å². The number of nitrogens with one attached hydrogen (secondary N) is 1. The van der Waals surface area contributed by atoms with Crippen LogP contribution < -0.4 is 14.8 Å². The van der Waals surface area contributed by atoms with Crippen molar-refractivity contribution in [3.05, 3.63) is 23.8 Å². The lowest BCUT2D eigenvalue weighted by molar-refractivity contribution is -0.117. The summed E-state index contributed by atoms with van der Waals surface area (Å²) in [5.41, 5.74) is 1.24. The Morgan fingerprint density at radius 2 is 2.00 bits per heavy atom. The molecule has 4 heteroatoms. The highest BCUT2D eigenvalue weighted by molar-refractivity contribution is 5.75. The normalized spacial score (nSPS) is 13.3. The van der Waals surface area contributed by atoms with Crippen molar-refractivity contribution in [1.29, 1.82) is 0 Å². The molecule has 0 aliphatic carbocycles. The molecule has 1 aliphatic rings. The van der Waals surface area contributed by atoms with Crippen LogP contribution in [0.25, 0.3) is 0 Å². The van der Waals surface area contributed by atoms with Gasteiger partial charge >= 0.3 is 0 Å². The van der Waals surface area contributed by atoms with E-state index in [1.54, 1.807) is 6.92 Å². The van der Waals surface area contributed by atoms with E-state index >= 15 is 0 Å². The summed E-state index contributed by atoms with van der Waals surface area (Å²) < 4.78 is 11.0. The second-order valence-corrected chi connectivity index (χ2v) is 4.78. The molecule has 0 aromatic heterocycles. The summed E-state index contributed by atoms with van der Waals surface area (Å²) in [5.74, 6) is 1.94. The van der Waals surface area contributed by atoms with E-state index in [1.165, 1.54) is 5.56 Å². The van der Waals surface area contributed by atoms with Gasteiger partial charge < -0.3 is 19.6 Å². The average Bonchev–Trinajstić information content (AvgIpc) is 2.42. The number of hydrogen-bond donors (Lipinski definition) is 1. The van der Waals surface area contributed by atoms with Crippen molar-refractivity contribution < 1.29 is 14.3 Å². The second-order valence-electron chi connectivity index (χ2n) is 4.78. The van der Waals surface area contributed by atoms with Gasteiger partial charge in [-0.25, -0.2) is 0 Å². The van der Waals surface area contributed by atoms with Gasteiger partial charge in [0.05, 0.1) is 0 Å². The molecule has 1 heterocycles. The number of Topliss-reactive ketones (excluding diaryl/α,β-unsaturated/α-hetero) is 1. The SMILES string of the molecule is CC(=O)CCCNCCc1ccc2c(c1)OCCO2. The summed E-state index contributed by atoms with van der Waals surface area (Å²) in [7, 11) is 0. The monoisotopic (exact) mass is 263 g/mol. The predicted octanol–water partition coefficient (Wildman–Crippen LogP) is 1.96. The maximum absolute atomic E-state index is 10.8. The molecule has 0 fully saturated rings. The number of hydrogen-bond acceptors (Lipinski definition) is 4. The van der Waals surface area contributed by atoms with Crippen molar-refractivity contribution >= 4 is 5.78 Å². The molecule has 1 aliphatic heterocycles. The van der Waals surface area contributed by atoms with Gasteiger partial charge in [0.1, 0.15) is 19.0 Å². The highest BCUT2D eigenvalue weighted by Crippen LogP contribution is 2.30. The van der Waals surface area contributed by atoms with Crippen LogP contribution in [-0.4, -0.2) is 32.1 Å². The van der Waals surface area contributed by atoms with E-state index in [0.717, 1.165) is 37.4 Å². The Morgan fingerprint density at radius 3 is 2.79 bits per heavy atom. The number of fused-ring (bicyclic) bond motifs is 1. The van der Waals surface area contributed by atoms with Crippen molar-refractivity contribution in [2.75, 3.05) is 26.3 Å². The molecule has 1 aromatic carbocycles. The van der Waals surface area contributed by atoms with Gasteiger partial charge in [0.25, 0.3) is 0 Å². The van der Waals surface area contributed by atoms with Crippen LogP contribution in [0.4, 0.5) is 0 Å². The van der Waals surface area contributed by atoms with Crippen LogP contribution in [-0.2, 0) is 11.2 Å². The maximum Gasteiger partial charge on any atom is 0.161 e. The van der Waals surface area contributed by atoms with Crippen LogP contribution in [0.3, 0.4) is 0 Å². The van der Waals surface area contributed by atoms with Crippen molar-refractivity contribution in [1.82, 2.24) is 5.32 Å². The van der Waals surface area contributed by atoms with Gasteiger partial charge in [-0.05, 0) is 50.6 Å². The van der Waals surface area contributed by atoms with Crippen LogP contribution in [0.5, 0.6) is 11.5 Å². The van der Waals surface area contributed by atoms with E-state index in [1.807, 2.05) is 12.1 Å². The summed E-state index contributed by atoms with van der Waals surface area (Å²) in [6, 6.07) is 6.09. The molecule has 2 rings (SSSR count). The van der Waals surface area contributed by atoms with Crippen LogP contribution in [0, 0.1) is 0 Å². The van der Waals surface area contributed by atoms with Gasteiger partial charge in [0, 0.05) is 6.42 Å². The molecule has 0 saturated carbocycles. The summed E-state index contributed by atoms with van der Waals surface area (Å²) in [6.45, 7) is 4.70. The molecule has 4 nitrogen and oxygen atoms in total. The Morgan fingerprint density at radius 1 is 1.21 bits per heavy atom. The first-order chi connectivity index (χ1) is 9.25. The Hall–Kier alpha value is -1.55. The number of benzene rings is 1. The molecule has 0 unspecified atom stereocenters. The fourth-order valence-electron chi connectivity index (χ4n) is 2.06. The number of carbonyl (C=O) groups is 1. The highest BCUT2D eigenvalue weighted by Gasteiger charge is 2.11. The maximum atomic E-state index is 10.8. The van der Waals surface area contributed by atoms with Crippen molar-refractivity contribution in [3.63, 3.8) is 0 Å². The van der Waals surface area contributed by atoms with E-state index in [2.05, 4.69) is 11.4 Å². The third-order valence-corrected chi connectivity index (χ3v) is 3.08. The lowest BCUT2D eigenvalue weighted by atomic mass is 10.1. The van der Waals surface area contributed by atoms with Crippen molar-refractivity contribution in [3.8, 4) is 11.5 Å². The fourth-order valence-corrected chi connectivity index (χ4v) is 2.06. The Labute approximate surface area is 114 Å². The molecule has 104 valence electrons. The third kappa shape index (κ3) is 4.56. The molecule has 0 radical (unpaired) electrons. The van der Waals surface area contributed by atoms with E-state index in [4.69, 9.17) is 9.47 Å². The number of rotatable bonds is 7. The lowest BCUT2D eigenvalue weighted by Crippen LogP contribution is -2.19. The minimum Gasteiger partial charge on any atom is -0.486 e. The lowest BCUT2D eigenvalue weighted by Gasteiger charge is -2.18. The minimum atomic E-state index is 0.258. The molecule has 0 amide bonds. The molecule has 0 saturated heterocycles. The number of ether oxygens (including phenoxy) is 2. The van der Waals surface area contributed by atoms with Crippen LogP contribution in [0.2, 0.25) is 0 Å². The summed E-state index contributed by atoms with van der Waals surface area (Å²) in [6.07, 6.45) is 2.53. The smallest absolute Gasteiger partial charge is 0.161 e. The molecule has 19 heavy (non-hydrogen) atoms. The Kier molecular flexibility index (Phi) is 5.21. The first-order valence-corrected chi connectivity index (χ1v) is 6.84. The number of carbonyl (C=O) groups excluding carboxylic acids is 1. The molecule has 0 bridgehead atoms. The third-order valence-electron chi connectivity index (χ3n) is 3.08. The van der Waals surface area contributed by atoms with Crippen LogP contribution in [0.1, 0.15) is 25.3 Å². The zero-order valence-electron chi connectivity index (χ0n) is 11.4. The summed E-state index contributed by atoms with van der Waals surface area (Å²) in [5, 5.41) is 3.35. The Bertz CT molecular complexity index is 431. The largest absolute Gasteiger partial charge is 0.486 e. The first kappa shape index (κ1) is 13.9. The average molecular weight is 263 g/mol. The fraction of sp³-hybridized carbons (Fsp3) is 0.533. The minimum absolute atomic E-state index is 0.258. The Balaban J connectivity index is 1.70. The summed E-state index contributed by atoms with van der Waals surface area (Å²) >= 11 is 0. The molecule has 0 spiro atoms. The topological polar surface area (TPSA) is 47.6 Å². The molecule has 1 aromatic rings. The molecular formula is C15H21NO3. The van der Waals surface area contributed by atoms with Crippen molar-refractivity contribution in [2.24, 2.45) is 0 Å². The van der Waals surface area contributed by atoms with Gasteiger partial charge in [-0.15, -0.1) is 0 Å². The summed E-state index contributed by atoms with van der Waals surface area (Å²) in [4.78, 5) is 10.8. The quantitative estimate of drug-likeness (QED) is 0.764. The van der Waals surface area contributed by atoms with Gasteiger partial charge in [-0.2, -0.15) is 0 Å². The van der Waals surface area contributed by atoms with Gasteiger partial charge in [0.15, 0.2) is 11.5 Å². The number of ketones is 1. The van der Waals surface area contributed by atoms with E-state index in [9.17, 15) is 4.79 Å². The van der Waals surface area contributed by atoms with Crippen LogP contribution >= 0.6 is 0 Å². The molecule has 1 N–H and O–H groups in total. The first-order valence-electron chi connectivity index (χ1n) is 6.84. The molecular weight excluding hydrogens is 242 g/mol. The predicted molar refractivity (Wildman–Crippen MR) is 73.9 cm³/mol. The standard InChI is InChI=1S/C15H21NO3/c1-12(17)3-2-7-16-8-6-13-4-5-14-15(11-13)19-10-9-18-14/h4-5,11,16H,2-3,6-10H2,1H3. The highest BCUT2D eigenvalue weighted by atomic mass is 16.6. The van der Waals surface area contributed by atoms with Gasteiger partial charge in [0.2, 0.25) is 0 Å². The van der Waals surface area contributed by atoms with Crippen LogP contribution in [0.15, 0.2) is 18.2 Å². The van der Waals surface area contributed by atoms with E-state index in [-0.39, 0.29) is 5.78 Å². The van der Waals surface area contributed by atoms with Gasteiger partial charge in [-0.3, -0.25) is 0 Å². The zero-order chi connectivity index (χ0) is 13.5. The molecule has 0 atom stereocenters. The zero-order valence-corrected chi connectivity index (χ0v) is 11.4. The second kappa shape index (κ2) is 7.14.